The Hall–Kier alpha value is -1.80. The van der Waals surface area contributed by atoms with Crippen LogP contribution in [0.3, 0.4) is 0 Å². The Morgan fingerprint density at radius 2 is 2.17 bits per heavy atom. The normalized spacial score (nSPS) is 11.0. The Morgan fingerprint density at radius 3 is 2.79 bits per heavy atom. The highest BCUT2D eigenvalue weighted by Gasteiger charge is 2.18. The van der Waals surface area contributed by atoms with E-state index in [0.29, 0.717) is 43.6 Å². The van der Waals surface area contributed by atoms with E-state index in [2.05, 4.69) is 10.2 Å². The summed E-state index contributed by atoms with van der Waals surface area (Å²) in [5, 5.41) is 9.19. The molecule has 0 atom stereocenters. The van der Waals surface area contributed by atoms with Gasteiger partial charge in [-0.25, -0.2) is 0 Å². The maximum atomic E-state index is 12.2. The Kier molecular flexibility index (Phi) is 7.33. The molecule has 0 fully saturated rings. The molecule has 0 radical (unpaired) electrons. The van der Waals surface area contributed by atoms with Gasteiger partial charge in [0, 0.05) is 33.4 Å². The van der Waals surface area contributed by atoms with Crippen LogP contribution in [-0.4, -0.2) is 58.1 Å². The van der Waals surface area contributed by atoms with E-state index in [0.717, 1.165) is 11.6 Å². The lowest BCUT2D eigenvalue weighted by Crippen LogP contribution is -2.31. The summed E-state index contributed by atoms with van der Waals surface area (Å²) < 4.78 is 12.5. The minimum absolute atomic E-state index is 0.107. The lowest BCUT2D eigenvalue weighted by atomic mass is 10.4. The van der Waals surface area contributed by atoms with Gasteiger partial charge in [-0.1, -0.05) is 11.8 Å². The highest BCUT2D eigenvalue weighted by Crippen LogP contribution is 2.25. The number of methoxy groups -OCH3 is 1. The minimum Gasteiger partial charge on any atom is -0.461 e. The zero-order valence-corrected chi connectivity index (χ0v) is 15.2. The topological polar surface area (TPSA) is 73.4 Å². The molecule has 0 saturated carbocycles. The van der Waals surface area contributed by atoms with Crippen molar-refractivity contribution in [2.45, 2.75) is 32.0 Å². The molecule has 0 saturated heterocycles. The number of rotatable bonds is 10. The molecule has 2 heterocycles. The molecule has 8 heteroatoms. The number of hydrogen-bond donors (Lipinski definition) is 0. The first-order valence-corrected chi connectivity index (χ1v) is 9.06. The first kappa shape index (κ1) is 18.5. The second-order valence-electron chi connectivity index (χ2n) is 5.14. The number of amides is 1. The van der Waals surface area contributed by atoms with Crippen molar-refractivity contribution in [1.82, 2.24) is 19.7 Å². The van der Waals surface area contributed by atoms with E-state index < -0.39 is 0 Å². The molecule has 2 aromatic heterocycles. The van der Waals surface area contributed by atoms with Crippen LogP contribution in [-0.2, 0) is 16.1 Å². The zero-order valence-electron chi connectivity index (χ0n) is 14.4. The van der Waals surface area contributed by atoms with Gasteiger partial charge in [0.2, 0.25) is 5.91 Å². The van der Waals surface area contributed by atoms with E-state index >= 15 is 0 Å². The zero-order chi connectivity index (χ0) is 17.4. The van der Waals surface area contributed by atoms with Crippen molar-refractivity contribution in [1.29, 1.82) is 0 Å². The quantitative estimate of drug-likeness (QED) is 0.483. The predicted molar refractivity (Wildman–Crippen MR) is 92.9 cm³/mol. The van der Waals surface area contributed by atoms with Crippen LogP contribution < -0.4 is 0 Å². The summed E-state index contributed by atoms with van der Waals surface area (Å²) in [6, 6.07) is 3.67. The number of carbonyl (C=O) groups excluding carboxylic acids is 1. The fourth-order valence-corrected chi connectivity index (χ4v) is 3.21. The Morgan fingerprint density at radius 1 is 1.38 bits per heavy atom. The third kappa shape index (κ3) is 4.61. The maximum absolute atomic E-state index is 12.2. The van der Waals surface area contributed by atoms with Crippen LogP contribution in [0.25, 0.3) is 11.6 Å². The summed E-state index contributed by atoms with van der Waals surface area (Å²) in [5.74, 6) is 1.80. The third-order valence-electron chi connectivity index (χ3n) is 3.63. The highest BCUT2D eigenvalue weighted by molar-refractivity contribution is 7.99. The third-order valence-corrected chi connectivity index (χ3v) is 4.58. The van der Waals surface area contributed by atoms with Crippen molar-refractivity contribution in [2.24, 2.45) is 0 Å². The van der Waals surface area contributed by atoms with Gasteiger partial charge in [-0.15, -0.1) is 10.2 Å². The molecule has 0 aromatic carbocycles. The van der Waals surface area contributed by atoms with E-state index in [9.17, 15) is 4.79 Å². The monoisotopic (exact) mass is 352 g/mol. The standard InChI is InChI=1S/C16H24N4O3S/c1-4-19(5-2)14(21)12-24-16-18-17-15(13-8-6-11-23-13)20(16)9-7-10-22-3/h6,8,11H,4-5,7,9-10,12H2,1-3H3. The van der Waals surface area contributed by atoms with Crippen molar-refractivity contribution in [3.63, 3.8) is 0 Å². The van der Waals surface area contributed by atoms with E-state index in [4.69, 9.17) is 9.15 Å². The molecular formula is C16H24N4O3S. The number of nitrogens with zero attached hydrogens (tertiary/aromatic N) is 4. The Bertz CT molecular complexity index is 623. The van der Waals surface area contributed by atoms with E-state index in [1.165, 1.54) is 11.8 Å². The summed E-state index contributed by atoms with van der Waals surface area (Å²) >= 11 is 1.41. The SMILES string of the molecule is CCN(CC)C(=O)CSc1nnc(-c2ccco2)n1CCCOC. The number of aromatic nitrogens is 3. The molecular weight excluding hydrogens is 328 g/mol. The fourth-order valence-electron chi connectivity index (χ4n) is 2.35. The van der Waals surface area contributed by atoms with E-state index in [-0.39, 0.29) is 5.91 Å². The lowest BCUT2D eigenvalue weighted by molar-refractivity contribution is -0.127. The molecule has 7 nitrogen and oxygen atoms in total. The Balaban J connectivity index is 2.12. The van der Waals surface area contributed by atoms with Crippen LogP contribution in [0.2, 0.25) is 0 Å². The van der Waals surface area contributed by atoms with Gasteiger partial charge in [-0.05, 0) is 32.4 Å². The maximum Gasteiger partial charge on any atom is 0.233 e. The molecule has 0 bridgehead atoms. The van der Waals surface area contributed by atoms with Crippen LogP contribution in [0.1, 0.15) is 20.3 Å². The first-order chi connectivity index (χ1) is 11.7. The van der Waals surface area contributed by atoms with Gasteiger partial charge in [0.1, 0.15) is 0 Å². The van der Waals surface area contributed by atoms with Crippen molar-refractivity contribution in [2.75, 3.05) is 32.6 Å². The first-order valence-electron chi connectivity index (χ1n) is 8.07. The van der Waals surface area contributed by atoms with Crippen molar-refractivity contribution < 1.29 is 13.9 Å². The van der Waals surface area contributed by atoms with Crippen molar-refractivity contribution in [3.05, 3.63) is 18.4 Å². The van der Waals surface area contributed by atoms with Crippen LogP contribution in [0.5, 0.6) is 0 Å². The second-order valence-corrected chi connectivity index (χ2v) is 6.08. The Labute approximate surface area is 146 Å². The average molecular weight is 352 g/mol. The van der Waals surface area contributed by atoms with Gasteiger partial charge in [0.25, 0.3) is 0 Å². The molecule has 0 aliphatic carbocycles. The summed E-state index contributed by atoms with van der Waals surface area (Å²) in [6.45, 7) is 6.75. The molecule has 132 valence electrons. The number of carbonyl (C=O) groups is 1. The largest absolute Gasteiger partial charge is 0.461 e. The average Bonchev–Trinajstić information content (AvgIpc) is 3.23. The van der Waals surface area contributed by atoms with Gasteiger partial charge in [-0.2, -0.15) is 0 Å². The van der Waals surface area contributed by atoms with Crippen LogP contribution >= 0.6 is 11.8 Å². The van der Waals surface area contributed by atoms with E-state index in [1.807, 2.05) is 35.4 Å². The summed E-state index contributed by atoms with van der Waals surface area (Å²) in [5.41, 5.74) is 0. The van der Waals surface area contributed by atoms with Crippen LogP contribution in [0, 0.1) is 0 Å². The van der Waals surface area contributed by atoms with Gasteiger partial charge in [0.05, 0.1) is 12.0 Å². The number of furan rings is 1. The summed E-state index contributed by atoms with van der Waals surface area (Å²) in [6.07, 6.45) is 2.44. The molecule has 2 rings (SSSR count). The number of thioether (sulfide) groups is 1. The minimum atomic E-state index is 0.107. The van der Waals surface area contributed by atoms with Gasteiger partial charge in [0.15, 0.2) is 16.7 Å². The van der Waals surface area contributed by atoms with Crippen molar-refractivity contribution in [3.8, 4) is 11.6 Å². The molecule has 2 aromatic rings. The number of hydrogen-bond acceptors (Lipinski definition) is 6. The molecule has 0 aliphatic rings. The van der Waals surface area contributed by atoms with E-state index in [1.54, 1.807) is 13.4 Å². The van der Waals surface area contributed by atoms with Gasteiger partial charge < -0.3 is 14.1 Å². The highest BCUT2D eigenvalue weighted by atomic mass is 32.2. The summed E-state index contributed by atoms with van der Waals surface area (Å²) in [4.78, 5) is 14.0. The number of ether oxygens (including phenoxy) is 1. The lowest BCUT2D eigenvalue weighted by Gasteiger charge is -2.18. The molecule has 24 heavy (non-hydrogen) atoms. The molecule has 0 aliphatic heterocycles. The molecule has 0 unspecified atom stereocenters. The van der Waals surface area contributed by atoms with Crippen LogP contribution in [0.4, 0.5) is 0 Å². The predicted octanol–water partition coefficient (Wildman–Crippen LogP) is 2.54. The molecule has 1 amide bonds. The smallest absolute Gasteiger partial charge is 0.233 e. The van der Waals surface area contributed by atoms with Gasteiger partial charge in [-0.3, -0.25) is 9.36 Å². The molecule has 0 spiro atoms. The van der Waals surface area contributed by atoms with Crippen LogP contribution in [0.15, 0.2) is 28.0 Å². The second kappa shape index (κ2) is 9.48. The summed E-state index contributed by atoms with van der Waals surface area (Å²) in [7, 11) is 1.68. The van der Waals surface area contributed by atoms with Gasteiger partial charge >= 0.3 is 0 Å². The fraction of sp³-hybridized carbons (Fsp3) is 0.562. The van der Waals surface area contributed by atoms with Crippen molar-refractivity contribution >= 4 is 17.7 Å². The molecule has 0 N–H and O–H groups in total.